The van der Waals surface area contributed by atoms with Gasteiger partial charge < -0.3 is 5.32 Å². The van der Waals surface area contributed by atoms with Crippen molar-refractivity contribution in [2.75, 3.05) is 5.32 Å². The van der Waals surface area contributed by atoms with E-state index in [4.69, 9.17) is 0 Å². The summed E-state index contributed by atoms with van der Waals surface area (Å²) < 4.78 is 68.2. The Bertz CT molecular complexity index is 787. The molecule has 1 N–H and O–H groups in total. The quantitative estimate of drug-likeness (QED) is 0.522. The molecule has 0 saturated carbocycles. The van der Waals surface area contributed by atoms with Crippen molar-refractivity contribution in [3.05, 3.63) is 46.0 Å². The van der Waals surface area contributed by atoms with Gasteiger partial charge in [-0.05, 0) is 13.8 Å². The molecule has 0 radical (unpaired) electrons. The van der Waals surface area contributed by atoms with Crippen LogP contribution in [0.4, 0.5) is 27.6 Å². The molecule has 1 aromatic carbocycles. The highest BCUT2D eigenvalue weighted by atomic mass is 19.2. The van der Waals surface area contributed by atoms with Crippen molar-refractivity contribution in [1.82, 2.24) is 9.78 Å². The Balaban J connectivity index is 2.47. The number of aryl methyl sites for hydroxylation is 1. The van der Waals surface area contributed by atoms with Gasteiger partial charge in [-0.25, -0.2) is 22.0 Å². The van der Waals surface area contributed by atoms with Gasteiger partial charge in [0.1, 0.15) is 0 Å². The SMILES string of the molecule is CCC(=O)Nc1c(C)nn(Cc2c(F)c(F)c(F)c(F)c2F)c1C. The van der Waals surface area contributed by atoms with Gasteiger partial charge in [-0.1, -0.05) is 6.92 Å². The van der Waals surface area contributed by atoms with Crippen molar-refractivity contribution in [3.8, 4) is 0 Å². The van der Waals surface area contributed by atoms with Gasteiger partial charge >= 0.3 is 0 Å². The second-order valence-electron chi connectivity index (χ2n) is 5.15. The second-order valence-corrected chi connectivity index (χ2v) is 5.15. The zero-order valence-electron chi connectivity index (χ0n) is 13.1. The number of nitrogens with one attached hydrogen (secondary N) is 1. The molecule has 0 aliphatic carbocycles. The summed E-state index contributed by atoms with van der Waals surface area (Å²) in [5.74, 6) is -10.3. The minimum Gasteiger partial charge on any atom is -0.323 e. The van der Waals surface area contributed by atoms with Gasteiger partial charge in [-0.15, -0.1) is 0 Å². The molecular formula is C15H14F5N3O. The number of hydrogen-bond acceptors (Lipinski definition) is 2. The molecule has 0 spiro atoms. The predicted molar refractivity (Wildman–Crippen MR) is 76.0 cm³/mol. The van der Waals surface area contributed by atoms with Gasteiger partial charge in [0.2, 0.25) is 11.7 Å². The van der Waals surface area contributed by atoms with E-state index in [2.05, 4.69) is 10.4 Å². The number of aromatic nitrogens is 2. The largest absolute Gasteiger partial charge is 0.323 e. The first-order valence-electron chi connectivity index (χ1n) is 7.03. The first kappa shape index (κ1) is 17.9. The van der Waals surface area contributed by atoms with E-state index in [1.54, 1.807) is 13.8 Å². The van der Waals surface area contributed by atoms with Crippen molar-refractivity contribution < 1.29 is 26.7 Å². The number of carbonyl (C=O) groups excluding carboxylic acids is 1. The molecule has 24 heavy (non-hydrogen) atoms. The van der Waals surface area contributed by atoms with Crippen LogP contribution in [0, 0.1) is 42.9 Å². The summed E-state index contributed by atoms with van der Waals surface area (Å²) in [4.78, 5) is 11.5. The number of amides is 1. The van der Waals surface area contributed by atoms with Gasteiger partial charge in [-0.3, -0.25) is 9.48 Å². The van der Waals surface area contributed by atoms with Crippen LogP contribution in [0.3, 0.4) is 0 Å². The minimum absolute atomic E-state index is 0.210. The lowest BCUT2D eigenvalue weighted by Crippen LogP contribution is -2.14. The number of anilines is 1. The third-order valence-electron chi connectivity index (χ3n) is 3.58. The average molecular weight is 347 g/mol. The molecule has 2 aromatic rings. The second kappa shape index (κ2) is 6.58. The van der Waals surface area contributed by atoms with Crippen molar-refractivity contribution in [2.24, 2.45) is 0 Å². The fourth-order valence-electron chi connectivity index (χ4n) is 2.20. The highest BCUT2D eigenvalue weighted by Crippen LogP contribution is 2.26. The molecule has 0 saturated heterocycles. The maximum Gasteiger partial charge on any atom is 0.224 e. The Morgan fingerprint density at radius 2 is 1.50 bits per heavy atom. The Kier molecular flexibility index (Phi) is 4.91. The maximum atomic E-state index is 13.8. The van der Waals surface area contributed by atoms with Crippen molar-refractivity contribution >= 4 is 11.6 Å². The Morgan fingerprint density at radius 1 is 1.00 bits per heavy atom. The molecule has 9 heteroatoms. The Labute approximate surface area is 134 Å². The topological polar surface area (TPSA) is 46.9 Å². The summed E-state index contributed by atoms with van der Waals surface area (Å²) in [5.41, 5.74) is 0.0347. The lowest BCUT2D eigenvalue weighted by atomic mass is 10.1. The number of nitrogens with zero attached hydrogens (tertiary/aromatic N) is 2. The first-order valence-corrected chi connectivity index (χ1v) is 7.03. The summed E-state index contributed by atoms with van der Waals surface area (Å²) in [6.45, 7) is 4.03. The molecule has 1 amide bonds. The summed E-state index contributed by atoms with van der Waals surface area (Å²) in [6.07, 6.45) is 0.210. The highest BCUT2D eigenvalue weighted by Gasteiger charge is 2.26. The average Bonchev–Trinajstić information content (AvgIpc) is 2.82. The van der Waals surface area contributed by atoms with E-state index < -0.39 is 41.2 Å². The number of hydrogen-bond donors (Lipinski definition) is 1. The van der Waals surface area contributed by atoms with Crippen molar-refractivity contribution in [3.63, 3.8) is 0 Å². The van der Waals surface area contributed by atoms with E-state index in [9.17, 15) is 26.7 Å². The zero-order chi connectivity index (χ0) is 18.2. The number of benzene rings is 1. The molecule has 0 fully saturated rings. The molecule has 130 valence electrons. The molecule has 0 aliphatic heterocycles. The normalized spacial score (nSPS) is 11.0. The fourth-order valence-corrected chi connectivity index (χ4v) is 2.20. The van der Waals surface area contributed by atoms with Crippen LogP contribution in [0.1, 0.15) is 30.3 Å². The summed E-state index contributed by atoms with van der Waals surface area (Å²) in [7, 11) is 0. The molecule has 0 aliphatic rings. The smallest absolute Gasteiger partial charge is 0.224 e. The van der Waals surface area contributed by atoms with Crippen LogP contribution < -0.4 is 5.32 Å². The zero-order valence-corrected chi connectivity index (χ0v) is 13.1. The first-order chi connectivity index (χ1) is 11.2. The van der Waals surface area contributed by atoms with Crippen molar-refractivity contribution in [2.45, 2.75) is 33.7 Å². The lowest BCUT2D eigenvalue weighted by Gasteiger charge is -2.10. The molecule has 1 heterocycles. The van der Waals surface area contributed by atoms with E-state index in [1.807, 2.05) is 0 Å². The van der Waals surface area contributed by atoms with Crippen LogP contribution in [0.15, 0.2) is 0 Å². The van der Waals surface area contributed by atoms with E-state index >= 15 is 0 Å². The molecular weight excluding hydrogens is 333 g/mol. The maximum absolute atomic E-state index is 13.8. The van der Waals surface area contributed by atoms with Gasteiger partial charge in [0.25, 0.3) is 0 Å². The van der Waals surface area contributed by atoms with E-state index in [0.717, 1.165) is 4.68 Å². The minimum atomic E-state index is -2.21. The number of carbonyl (C=O) groups is 1. The highest BCUT2D eigenvalue weighted by molar-refractivity contribution is 5.91. The van der Waals surface area contributed by atoms with Gasteiger partial charge in [0.15, 0.2) is 23.3 Å². The van der Waals surface area contributed by atoms with Crippen LogP contribution >= 0.6 is 0 Å². The predicted octanol–water partition coefficient (Wildman–Crippen LogP) is 3.59. The van der Waals surface area contributed by atoms with E-state index in [-0.39, 0.29) is 12.3 Å². The summed E-state index contributed by atoms with van der Waals surface area (Å²) in [5, 5.41) is 6.56. The third kappa shape index (κ3) is 2.98. The van der Waals surface area contributed by atoms with Gasteiger partial charge in [0, 0.05) is 6.42 Å². The summed E-state index contributed by atoms with van der Waals surface area (Å²) >= 11 is 0. The Hall–Kier alpha value is -2.45. The van der Waals surface area contributed by atoms with Gasteiger partial charge in [-0.2, -0.15) is 5.10 Å². The Morgan fingerprint density at radius 3 is 2.00 bits per heavy atom. The standard InChI is InChI=1S/C15H14F5N3O/c1-4-9(24)21-15-6(2)22-23(7(15)3)5-8-10(16)12(18)14(20)13(19)11(8)17/h4-5H2,1-3H3,(H,21,24). The van der Waals surface area contributed by atoms with Crippen LogP contribution in [0.5, 0.6) is 0 Å². The molecule has 0 atom stereocenters. The lowest BCUT2D eigenvalue weighted by molar-refractivity contribution is -0.115. The van der Waals surface area contributed by atoms with Crippen LogP contribution in [0.2, 0.25) is 0 Å². The molecule has 1 aromatic heterocycles. The fraction of sp³-hybridized carbons (Fsp3) is 0.333. The molecule has 2 rings (SSSR count). The molecule has 0 unspecified atom stereocenters. The summed E-state index contributed by atoms with van der Waals surface area (Å²) in [6, 6.07) is 0. The molecule has 0 bridgehead atoms. The van der Waals surface area contributed by atoms with E-state index in [0.29, 0.717) is 17.1 Å². The van der Waals surface area contributed by atoms with Crippen molar-refractivity contribution in [1.29, 1.82) is 0 Å². The van der Waals surface area contributed by atoms with E-state index in [1.165, 1.54) is 6.92 Å². The third-order valence-corrected chi connectivity index (χ3v) is 3.58. The number of rotatable bonds is 4. The molecule has 4 nitrogen and oxygen atoms in total. The van der Waals surface area contributed by atoms with Crippen LogP contribution in [-0.4, -0.2) is 15.7 Å². The number of halogens is 5. The van der Waals surface area contributed by atoms with Crippen LogP contribution in [0.25, 0.3) is 0 Å². The van der Waals surface area contributed by atoms with Gasteiger partial charge in [0.05, 0.1) is 29.2 Å². The monoisotopic (exact) mass is 347 g/mol. The van der Waals surface area contributed by atoms with Crippen LogP contribution in [-0.2, 0) is 11.3 Å².